The Morgan fingerprint density at radius 2 is 2.05 bits per heavy atom. The van der Waals surface area contributed by atoms with Crippen LogP contribution >= 0.6 is 0 Å². The van der Waals surface area contributed by atoms with E-state index in [0.717, 1.165) is 25.6 Å². The van der Waals surface area contributed by atoms with Gasteiger partial charge in [0.2, 0.25) is 0 Å². The van der Waals surface area contributed by atoms with Crippen LogP contribution in [0.15, 0.2) is 0 Å². The van der Waals surface area contributed by atoms with Gasteiger partial charge in [-0.1, -0.05) is 6.92 Å². The van der Waals surface area contributed by atoms with Crippen molar-refractivity contribution in [3.05, 3.63) is 0 Å². The Labute approximate surface area is 118 Å². The fraction of sp³-hybridized carbons (Fsp3) is 1.00. The van der Waals surface area contributed by atoms with Crippen molar-refractivity contribution in [2.75, 3.05) is 26.2 Å². The number of ether oxygens (including phenoxy) is 1. The molecule has 3 atom stereocenters. The van der Waals surface area contributed by atoms with Gasteiger partial charge in [0.25, 0.3) is 0 Å². The van der Waals surface area contributed by atoms with Crippen molar-refractivity contribution in [2.24, 2.45) is 5.92 Å². The van der Waals surface area contributed by atoms with Gasteiger partial charge in [-0.3, -0.25) is 4.90 Å². The summed E-state index contributed by atoms with van der Waals surface area (Å²) in [7, 11) is 0. The Morgan fingerprint density at radius 1 is 1.26 bits per heavy atom. The number of hydrogen-bond acceptors (Lipinski definition) is 3. The van der Waals surface area contributed by atoms with E-state index in [9.17, 15) is 0 Å². The molecule has 1 saturated carbocycles. The van der Waals surface area contributed by atoms with Crippen LogP contribution in [0, 0.1) is 5.92 Å². The van der Waals surface area contributed by atoms with E-state index >= 15 is 0 Å². The number of piperazine rings is 1. The molecule has 0 radical (unpaired) electrons. The highest BCUT2D eigenvalue weighted by Crippen LogP contribution is 2.43. The molecule has 3 fully saturated rings. The number of rotatable bonds is 4. The largest absolute Gasteiger partial charge is 0.377 e. The maximum absolute atomic E-state index is 5.88. The molecule has 3 nitrogen and oxygen atoms in total. The SMILES string of the molecule is CCC1(C)CNC(C)(C2CC2)CN1CC1CCCO1. The van der Waals surface area contributed by atoms with Crippen LogP contribution in [-0.2, 0) is 4.74 Å². The molecule has 0 amide bonds. The molecule has 19 heavy (non-hydrogen) atoms. The third-order valence-electron chi connectivity index (χ3n) is 5.84. The molecule has 110 valence electrons. The first-order chi connectivity index (χ1) is 9.06. The average molecular weight is 266 g/mol. The zero-order chi connectivity index (χ0) is 13.5. The highest BCUT2D eigenvalue weighted by atomic mass is 16.5. The zero-order valence-corrected chi connectivity index (χ0v) is 12.9. The zero-order valence-electron chi connectivity index (χ0n) is 12.9. The molecule has 3 aliphatic rings. The fourth-order valence-electron chi connectivity index (χ4n) is 3.81. The first kappa shape index (κ1) is 13.8. The van der Waals surface area contributed by atoms with Crippen LogP contribution in [0.3, 0.4) is 0 Å². The lowest BCUT2D eigenvalue weighted by molar-refractivity contribution is -0.0253. The standard InChI is InChI=1S/C16H30N2O/c1-4-15(2)11-17-16(3,13-7-8-13)12-18(15)10-14-6-5-9-19-14/h13-14,17H,4-12H2,1-3H3. The van der Waals surface area contributed by atoms with Gasteiger partial charge in [0.15, 0.2) is 0 Å². The summed E-state index contributed by atoms with van der Waals surface area (Å²) < 4.78 is 5.88. The maximum Gasteiger partial charge on any atom is 0.0703 e. The Kier molecular flexibility index (Phi) is 3.65. The second-order valence-electron chi connectivity index (χ2n) is 7.41. The van der Waals surface area contributed by atoms with E-state index in [4.69, 9.17) is 4.74 Å². The summed E-state index contributed by atoms with van der Waals surface area (Å²) in [6.07, 6.45) is 7.03. The smallest absolute Gasteiger partial charge is 0.0703 e. The van der Waals surface area contributed by atoms with Gasteiger partial charge < -0.3 is 10.1 Å². The van der Waals surface area contributed by atoms with Gasteiger partial charge >= 0.3 is 0 Å². The van der Waals surface area contributed by atoms with E-state index in [1.807, 2.05) is 0 Å². The monoisotopic (exact) mass is 266 g/mol. The van der Waals surface area contributed by atoms with Gasteiger partial charge in [-0.15, -0.1) is 0 Å². The first-order valence-corrected chi connectivity index (χ1v) is 8.17. The van der Waals surface area contributed by atoms with Crippen LogP contribution in [0.25, 0.3) is 0 Å². The molecule has 1 aliphatic carbocycles. The predicted molar refractivity (Wildman–Crippen MR) is 78.4 cm³/mol. The van der Waals surface area contributed by atoms with Crippen LogP contribution in [0.5, 0.6) is 0 Å². The normalized spacial score (nSPS) is 44.7. The summed E-state index contributed by atoms with van der Waals surface area (Å²) in [6.45, 7) is 11.6. The van der Waals surface area contributed by atoms with Crippen molar-refractivity contribution in [1.82, 2.24) is 10.2 Å². The van der Waals surface area contributed by atoms with Crippen LogP contribution in [0.4, 0.5) is 0 Å². The van der Waals surface area contributed by atoms with Crippen molar-refractivity contribution >= 4 is 0 Å². The van der Waals surface area contributed by atoms with E-state index in [2.05, 4.69) is 31.0 Å². The molecule has 3 heteroatoms. The van der Waals surface area contributed by atoms with Gasteiger partial charge in [-0.05, 0) is 51.9 Å². The van der Waals surface area contributed by atoms with Gasteiger partial charge in [0.05, 0.1) is 6.10 Å². The highest BCUT2D eigenvalue weighted by molar-refractivity contribution is 5.07. The summed E-state index contributed by atoms with van der Waals surface area (Å²) in [4.78, 5) is 2.73. The van der Waals surface area contributed by atoms with E-state index in [1.54, 1.807) is 0 Å². The second-order valence-corrected chi connectivity index (χ2v) is 7.41. The van der Waals surface area contributed by atoms with Crippen LogP contribution in [0.2, 0.25) is 0 Å². The summed E-state index contributed by atoms with van der Waals surface area (Å²) in [5, 5.41) is 3.87. The van der Waals surface area contributed by atoms with E-state index < -0.39 is 0 Å². The third-order valence-corrected chi connectivity index (χ3v) is 5.84. The molecule has 0 spiro atoms. The van der Waals surface area contributed by atoms with E-state index in [-0.39, 0.29) is 0 Å². The van der Waals surface area contributed by atoms with E-state index in [0.29, 0.717) is 17.2 Å². The van der Waals surface area contributed by atoms with Crippen LogP contribution < -0.4 is 5.32 Å². The van der Waals surface area contributed by atoms with E-state index in [1.165, 1.54) is 38.6 Å². The minimum atomic E-state index is 0.306. The van der Waals surface area contributed by atoms with Gasteiger partial charge in [-0.2, -0.15) is 0 Å². The molecular weight excluding hydrogens is 236 g/mol. The first-order valence-electron chi connectivity index (χ1n) is 8.17. The summed E-state index contributed by atoms with van der Waals surface area (Å²) in [5.41, 5.74) is 0.646. The minimum absolute atomic E-state index is 0.306. The summed E-state index contributed by atoms with van der Waals surface area (Å²) >= 11 is 0. The summed E-state index contributed by atoms with van der Waals surface area (Å²) in [6, 6.07) is 0. The maximum atomic E-state index is 5.88. The molecule has 0 aromatic heterocycles. The Bertz CT molecular complexity index is 325. The molecule has 2 saturated heterocycles. The third kappa shape index (κ3) is 2.70. The lowest BCUT2D eigenvalue weighted by Crippen LogP contribution is -2.69. The summed E-state index contributed by atoms with van der Waals surface area (Å²) in [5.74, 6) is 0.904. The van der Waals surface area contributed by atoms with Crippen molar-refractivity contribution in [2.45, 2.75) is 70.1 Å². The van der Waals surface area contributed by atoms with Gasteiger partial charge in [0.1, 0.15) is 0 Å². The Morgan fingerprint density at radius 3 is 2.63 bits per heavy atom. The number of nitrogens with zero attached hydrogens (tertiary/aromatic N) is 1. The second kappa shape index (κ2) is 5.01. The number of nitrogens with one attached hydrogen (secondary N) is 1. The lowest BCUT2D eigenvalue weighted by Gasteiger charge is -2.53. The molecule has 2 heterocycles. The Balaban J connectivity index is 1.70. The van der Waals surface area contributed by atoms with Crippen molar-refractivity contribution in [3.8, 4) is 0 Å². The fourth-order valence-corrected chi connectivity index (χ4v) is 3.81. The van der Waals surface area contributed by atoms with Gasteiger partial charge in [-0.25, -0.2) is 0 Å². The molecule has 3 rings (SSSR count). The molecular formula is C16H30N2O. The highest BCUT2D eigenvalue weighted by Gasteiger charge is 2.49. The molecule has 1 N–H and O–H groups in total. The van der Waals surface area contributed by atoms with Crippen molar-refractivity contribution in [3.63, 3.8) is 0 Å². The topological polar surface area (TPSA) is 24.5 Å². The van der Waals surface area contributed by atoms with Crippen LogP contribution in [0.1, 0.15) is 52.9 Å². The van der Waals surface area contributed by atoms with Crippen molar-refractivity contribution in [1.29, 1.82) is 0 Å². The molecule has 0 bridgehead atoms. The molecule has 2 aliphatic heterocycles. The van der Waals surface area contributed by atoms with Crippen molar-refractivity contribution < 1.29 is 4.74 Å². The van der Waals surface area contributed by atoms with Crippen LogP contribution in [-0.4, -0.2) is 48.3 Å². The predicted octanol–water partition coefficient (Wildman–Crippen LogP) is 2.41. The average Bonchev–Trinajstić information content (AvgIpc) is 3.15. The molecule has 0 aromatic carbocycles. The lowest BCUT2D eigenvalue weighted by atomic mass is 9.84. The Hall–Kier alpha value is -0.120. The molecule has 0 aromatic rings. The minimum Gasteiger partial charge on any atom is -0.377 e. The van der Waals surface area contributed by atoms with Gasteiger partial charge in [0, 0.05) is 37.3 Å². The molecule has 3 unspecified atom stereocenters. The quantitative estimate of drug-likeness (QED) is 0.845. The number of hydrogen-bond donors (Lipinski definition) is 1.